The molecule has 0 aromatic heterocycles. The number of hydrogen-bond donors (Lipinski definition) is 1. The van der Waals surface area contributed by atoms with E-state index in [9.17, 15) is 26.3 Å². The van der Waals surface area contributed by atoms with E-state index in [0.717, 1.165) is 12.1 Å². The lowest BCUT2D eigenvalue weighted by molar-refractivity contribution is -0.162. The first-order chi connectivity index (χ1) is 7.18. The predicted octanol–water partition coefficient (Wildman–Crippen LogP) is 3.22. The smallest absolute Gasteiger partial charge is 0.392 e. The van der Waals surface area contributed by atoms with E-state index < -0.39 is 35.6 Å². The molecule has 0 unspecified atom stereocenters. The van der Waals surface area contributed by atoms with Crippen LogP contribution in [0.15, 0.2) is 18.2 Å². The Balaban J connectivity index is 3.51. The van der Waals surface area contributed by atoms with E-state index in [4.69, 9.17) is 5.11 Å². The first kappa shape index (κ1) is 12.8. The zero-order valence-corrected chi connectivity index (χ0v) is 7.65. The van der Waals surface area contributed by atoms with Crippen molar-refractivity contribution in [3.63, 3.8) is 0 Å². The molecule has 0 aliphatic carbocycles. The van der Waals surface area contributed by atoms with Gasteiger partial charge in [0.05, 0.1) is 17.7 Å². The van der Waals surface area contributed by atoms with Gasteiger partial charge in [-0.3, -0.25) is 0 Å². The van der Waals surface area contributed by atoms with E-state index in [1.807, 2.05) is 0 Å². The van der Waals surface area contributed by atoms with Crippen LogP contribution >= 0.6 is 0 Å². The summed E-state index contributed by atoms with van der Waals surface area (Å²) in [6, 6.07) is 1.96. The normalized spacial score (nSPS) is 12.9. The molecule has 0 aliphatic heterocycles. The Morgan fingerprint density at radius 1 is 0.938 bits per heavy atom. The van der Waals surface area contributed by atoms with Crippen molar-refractivity contribution in [2.24, 2.45) is 0 Å². The molecule has 1 aromatic carbocycles. The SMILES string of the molecule is OCc1cccc(C(F)(F)F)c1C(F)(F)F. The van der Waals surface area contributed by atoms with Gasteiger partial charge in [-0.1, -0.05) is 12.1 Å². The summed E-state index contributed by atoms with van der Waals surface area (Å²) < 4.78 is 74.2. The molecule has 1 nitrogen and oxygen atoms in total. The van der Waals surface area contributed by atoms with E-state index >= 15 is 0 Å². The molecule has 1 rings (SSSR count). The molecule has 0 radical (unpaired) electrons. The fourth-order valence-corrected chi connectivity index (χ4v) is 1.30. The fourth-order valence-electron chi connectivity index (χ4n) is 1.30. The average molecular weight is 244 g/mol. The monoisotopic (exact) mass is 244 g/mol. The lowest BCUT2D eigenvalue weighted by atomic mass is 10.0. The van der Waals surface area contributed by atoms with Gasteiger partial charge >= 0.3 is 12.4 Å². The molecule has 0 saturated carbocycles. The molecule has 1 N–H and O–H groups in total. The Labute approximate surface area is 86.3 Å². The average Bonchev–Trinajstić information content (AvgIpc) is 2.13. The number of aliphatic hydroxyl groups excluding tert-OH is 1. The number of halogens is 6. The van der Waals surface area contributed by atoms with E-state index in [0.29, 0.717) is 6.07 Å². The van der Waals surface area contributed by atoms with Crippen molar-refractivity contribution < 1.29 is 31.4 Å². The maximum atomic E-state index is 12.4. The van der Waals surface area contributed by atoms with Gasteiger partial charge in [0.1, 0.15) is 0 Å². The summed E-state index contributed by atoms with van der Waals surface area (Å²) in [4.78, 5) is 0. The van der Waals surface area contributed by atoms with E-state index in [1.165, 1.54) is 0 Å². The van der Waals surface area contributed by atoms with E-state index in [-0.39, 0.29) is 0 Å². The third-order valence-electron chi connectivity index (χ3n) is 1.91. The van der Waals surface area contributed by atoms with Crippen molar-refractivity contribution in [2.45, 2.75) is 19.0 Å². The first-order valence-electron chi connectivity index (χ1n) is 4.05. The first-order valence-corrected chi connectivity index (χ1v) is 4.05. The number of aliphatic hydroxyl groups is 1. The van der Waals surface area contributed by atoms with Crippen LogP contribution in [0.25, 0.3) is 0 Å². The van der Waals surface area contributed by atoms with Crippen LogP contribution in [0.2, 0.25) is 0 Å². The van der Waals surface area contributed by atoms with Gasteiger partial charge in [-0.05, 0) is 11.6 Å². The second kappa shape index (κ2) is 3.97. The Morgan fingerprint density at radius 3 is 1.88 bits per heavy atom. The van der Waals surface area contributed by atoms with Crippen molar-refractivity contribution in [1.29, 1.82) is 0 Å². The molecule has 0 aliphatic rings. The maximum Gasteiger partial charge on any atom is 0.417 e. The minimum atomic E-state index is -5.15. The van der Waals surface area contributed by atoms with E-state index in [1.54, 1.807) is 0 Å². The minimum absolute atomic E-state index is 0.335. The molecule has 0 spiro atoms. The molecule has 0 bridgehead atoms. The Morgan fingerprint density at radius 2 is 1.50 bits per heavy atom. The second-order valence-electron chi connectivity index (χ2n) is 2.99. The lowest BCUT2D eigenvalue weighted by Crippen LogP contribution is -2.18. The van der Waals surface area contributed by atoms with Gasteiger partial charge in [-0.15, -0.1) is 0 Å². The summed E-state index contributed by atoms with van der Waals surface area (Å²) in [5.74, 6) is 0. The van der Waals surface area contributed by atoms with Crippen molar-refractivity contribution in [1.82, 2.24) is 0 Å². The topological polar surface area (TPSA) is 20.2 Å². The summed E-state index contributed by atoms with van der Waals surface area (Å²) in [5.41, 5.74) is -4.40. The van der Waals surface area contributed by atoms with Gasteiger partial charge in [0, 0.05) is 0 Å². The number of alkyl halides is 6. The highest BCUT2D eigenvalue weighted by Crippen LogP contribution is 2.41. The summed E-state index contributed by atoms with van der Waals surface area (Å²) in [6.45, 7) is -1.10. The summed E-state index contributed by atoms with van der Waals surface area (Å²) in [7, 11) is 0. The Bertz CT molecular complexity index is 379. The third-order valence-corrected chi connectivity index (χ3v) is 1.91. The van der Waals surface area contributed by atoms with Crippen LogP contribution in [0.5, 0.6) is 0 Å². The highest BCUT2D eigenvalue weighted by molar-refractivity contribution is 5.39. The van der Waals surface area contributed by atoms with Crippen LogP contribution in [0.4, 0.5) is 26.3 Å². The van der Waals surface area contributed by atoms with Crippen molar-refractivity contribution in [3.8, 4) is 0 Å². The molecule has 0 heterocycles. The van der Waals surface area contributed by atoms with E-state index in [2.05, 4.69) is 0 Å². The molecule has 0 saturated heterocycles. The van der Waals surface area contributed by atoms with Crippen LogP contribution in [-0.2, 0) is 19.0 Å². The molecule has 90 valence electrons. The Hall–Kier alpha value is -1.24. The summed E-state index contributed by atoms with van der Waals surface area (Å²) >= 11 is 0. The van der Waals surface area contributed by atoms with Crippen LogP contribution < -0.4 is 0 Å². The second-order valence-corrected chi connectivity index (χ2v) is 2.99. The number of rotatable bonds is 1. The minimum Gasteiger partial charge on any atom is -0.392 e. The third kappa shape index (κ3) is 2.46. The highest BCUT2D eigenvalue weighted by Gasteiger charge is 2.44. The Kier molecular flexibility index (Phi) is 3.18. The summed E-state index contributed by atoms with van der Waals surface area (Å²) in [6.07, 6.45) is -10.2. The van der Waals surface area contributed by atoms with Gasteiger partial charge in [-0.25, -0.2) is 0 Å². The van der Waals surface area contributed by atoms with Crippen LogP contribution in [0.3, 0.4) is 0 Å². The van der Waals surface area contributed by atoms with Crippen LogP contribution in [0, 0.1) is 0 Å². The number of benzene rings is 1. The highest BCUT2D eigenvalue weighted by atomic mass is 19.4. The molecule has 1 aromatic rings. The predicted molar refractivity (Wildman–Crippen MR) is 42.4 cm³/mol. The zero-order chi connectivity index (χ0) is 12.6. The zero-order valence-electron chi connectivity index (χ0n) is 7.65. The van der Waals surface area contributed by atoms with Gasteiger partial charge in [-0.2, -0.15) is 26.3 Å². The van der Waals surface area contributed by atoms with Crippen molar-refractivity contribution in [2.75, 3.05) is 0 Å². The molecule has 16 heavy (non-hydrogen) atoms. The molecule has 0 amide bonds. The molecule has 0 fully saturated rings. The number of hydrogen-bond acceptors (Lipinski definition) is 1. The summed E-state index contributed by atoms with van der Waals surface area (Å²) in [5, 5.41) is 8.60. The van der Waals surface area contributed by atoms with Crippen LogP contribution in [0.1, 0.15) is 16.7 Å². The van der Waals surface area contributed by atoms with Gasteiger partial charge in [0.25, 0.3) is 0 Å². The van der Waals surface area contributed by atoms with Crippen LogP contribution in [-0.4, -0.2) is 5.11 Å². The van der Waals surface area contributed by atoms with Gasteiger partial charge < -0.3 is 5.11 Å². The molecular weight excluding hydrogens is 238 g/mol. The largest absolute Gasteiger partial charge is 0.417 e. The lowest BCUT2D eigenvalue weighted by Gasteiger charge is -2.17. The maximum absolute atomic E-state index is 12.4. The van der Waals surface area contributed by atoms with Crippen molar-refractivity contribution >= 4 is 0 Å². The standard InChI is InChI=1S/C9H6F6O/c10-8(11,12)6-3-1-2-5(4-16)7(6)9(13,14)15/h1-3,16H,4H2. The van der Waals surface area contributed by atoms with Gasteiger partial charge in [0.2, 0.25) is 0 Å². The fraction of sp³-hybridized carbons (Fsp3) is 0.333. The molecule has 7 heteroatoms. The quantitative estimate of drug-likeness (QED) is 0.752. The molecular formula is C9H6F6O. The molecule has 0 atom stereocenters. The van der Waals surface area contributed by atoms with Gasteiger partial charge in [0.15, 0.2) is 0 Å². The van der Waals surface area contributed by atoms with Crippen molar-refractivity contribution in [3.05, 3.63) is 34.9 Å².